The lowest BCUT2D eigenvalue weighted by Crippen LogP contribution is -2.48. The Hall–Kier alpha value is -2.80. The van der Waals surface area contributed by atoms with E-state index < -0.39 is 40.1 Å². The fraction of sp³-hybridized carbons (Fsp3) is 0.625. The Bertz CT molecular complexity index is 1340. The van der Waals surface area contributed by atoms with Crippen molar-refractivity contribution < 1.29 is 37.0 Å². The van der Waals surface area contributed by atoms with E-state index in [0.29, 0.717) is 50.2 Å². The Morgan fingerprint density at radius 3 is 2.41 bits per heavy atom. The number of cyclic esters (lactones) is 1. The van der Waals surface area contributed by atoms with Gasteiger partial charge >= 0.3 is 12.1 Å². The minimum atomic E-state index is -3.84. The van der Waals surface area contributed by atoms with Crippen molar-refractivity contribution in [2.24, 2.45) is 11.8 Å². The highest BCUT2D eigenvalue weighted by molar-refractivity contribution is 7.89. The largest absolute Gasteiger partial charge is 0.457 e. The third-order valence-electron chi connectivity index (χ3n) is 8.70. The highest BCUT2D eigenvalue weighted by atomic mass is 32.2. The number of nitrogens with zero attached hydrogens (tertiary/aromatic N) is 3. The van der Waals surface area contributed by atoms with Gasteiger partial charge in [0.15, 0.2) is 0 Å². The molecule has 244 valence electrons. The minimum absolute atomic E-state index is 0.113. The smallest absolute Gasteiger partial charge is 0.410 e. The van der Waals surface area contributed by atoms with E-state index in [0.717, 1.165) is 32.0 Å². The van der Waals surface area contributed by atoms with Gasteiger partial charge < -0.3 is 24.4 Å². The van der Waals surface area contributed by atoms with Crippen LogP contribution in [0.4, 0.5) is 9.18 Å². The van der Waals surface area contributed by atoms with E-state index in [2.05, 4.69) is 4.90 Å². The Balaban J connectivity index is 1.59. The molecule has 4 rings (SSSR count). The lowest BCUT2D eigenvalue weighted by atomic mass is 9.91. The van der Waals surface area contributed by atoms with E-state index in [4.69, 9.17) is 9.47 Å². The second-order valence-electron chi connectivity index (χ2n) is 12.4. The number of rotatable bonds is 5. The summed E-state index contributed by atoms with van der Waals surface area (Å²) in [5.41, 5.74) is 0.891. The second-order valence-corrected chi connectivity index (χ2v) is 14.4. The molecule has 44 heavy (non-hydrogen) atoms. The van der Waals surface area contributed by atoms with Crippen LogP contribution >= 0.6 is 0 Å². The molecular formula is C32H46FN3O7S. The number of carbonyl (C=O) groups excluding carboxylic acids is 2. The Morgan fingerprint density at radius 1 is 1.05 bits per heavy atom. The van der Waals surface area contributed by atoms with Crippen LogP contribution in [0.3, 0.4) is 0 Å². The third-order valence-corrected chi connectivity index (χ3v) is 10.6. The molecule has 3 aliphatic rings. The molecule has 2 fully saturated rings. The van der Waals surface area contributed by atoms with E-state index in [1.165, 1.54) is 16.4 Å². The van der Waals surface area contributed by atoms with Crippen LogP contribution in [-0.4, -0.2) is 104 Å². The molecule has 0 spiro atoms. The number of piperazine rings is 1. The number of ether oxygens (including phenoxy) is 2. The van der Waals surface area contributed by atoms with Crippen molar-refractivity contribution in [3.05, 3.63) is 47.3 Å². The van der Waals surface area contributed by atoms with E-state index in [1.807, 2.05) is 33.0 Å². The number of aliphatic hydroxyl groups is 1. The predicted octanol–water partition coefficient (Wildman–Crippen LogP) is 4.05. The van der Waals surface area contributed by atoms with Crippen LogP contribution in [0.15, 0.2) is 40.8 Å². The van der Waals surface area contributed by atoms with Crippen molar-refractivity contribution >= 4 is 28.2 Å². The van der Waals surface area contributed by atoms with Crippen molar-refractivity contribution in [3.63, 3.8) is 0 Å². The van der Waals surface area contributed by atoms with Crippen molar-refractivity contribution in [2.45, 2.75) is 76.1 Å². The quantitative estimate of drug-likeness (QED) is 0.381. The zero-order valence-electron chi connectivity index (χ0n) is 26.2. The van der Waals surface area contributed by atoms with Crippen molar-refractivity contribution in [3.8, 4) is 0 Å². The number of amides is 1. The number of halogens is 1. The molecule has 0 radical (unpaired) electrons. The monoisotopic (exact) mass is 635 g/mol. The molecule has 0 aliphatic carbocycles. The van der Waals surface area contributed by atoms with Crippen LogP contribution < -0.4 is 0 Å². The number of benzene rings is 1. The molecule has 1 amide bonds. The molecule has 1 N–H and O–H groups in total. The molecule has 10 nitrogen and oxygen atoms in total. The number of hydrogen-bond donors (Lipinski definition) is 1. The van der Waals surface area contributed by atoms with Crippen LogP contribution in [0.5, 0.6) is 0 Å². The van der Waals surface area contributed by atoms with Gasteiger partial charge in [-0.3, -0.25) is 4.79 Å². The Labute approximate surface area is 260 Å². The maximum Gasteiger partial charge on any atom is 0.410 e. The van der Waals surface area contributed by atoms with Crippen molar-refractivity contribution in [1.29, 1.82) is 0 Å². The van der Waals surface area contributed by atoms with Gasteiger partial charge in [-0.2, -0.15) is 4.31 Å². The normalized spacial score (nSPS) is 29.4. The maximum absolute atomic E-state index is 14.7. The number of carbonyl (C=O) groups is 2. The van der Waals surface area contributed by atoms with Gasteiger partial charge in [0, 0.05) is 45.2 Å². The fourth-order valence-electron chi connectivity index (χ4n) is 5.87. The molecule has 5 atom stereocenters. The highest BCUT2D eigenvalue weighted by Crippen LogP contribution is 2.28. The van der Waals surface area contributed by atoms with Gasteiger partial charge in [-0.15, -0.1) is 0 Å². The predicted molar refractivity (Wildman–Crippen MR) is 165 cm³/mol. The molecule has 3 heterocycles. The Morgan fingerprint density at radius 2 is 1.73 bits per heavy atom. The fourth-order valence-corrected chi connectivity index (χ4v) is 7.45. The van der Waals surface area contributed by atoms with E-state index in [9.17, 15) is 27.5 Å². The van der Waals surface area contributed by atoms with Gasteiger partial charge in [-0.25, -0.2) is 17.6 Å². The number of hydrogen-bond acceptors (Lipinski definition) is 8. The first-order valence-corrected chi connectivity index (χ1v) is 17.0. The van der Waals surface area contributed by atoms with Crippen molar-refractivity contribution in [1.82, 2.24) is 14.1 Å². The summed E-state index contributed by atoms with van der Waals surface area (Å²) >= 11 is 0. The zero-order chi connectivity index (χ0) is 32.0. The molecule has 2 saturated heterocycles. The summed E-state index contributed by atoms with van der Waals surface area (Å²) in [7, 11) is -1.83. The molecule has 12 heteroatoms. The van der Waals surface area contributed by atoms with Crippen LogP contribution in [0, 0.1) is 17.7 Å². The molecule has 1 aromatic rings. The van der Waals surface area contributed by atoms with Crippen LogP contribution in [0.2, 0.25) is 0 Å². The number of sulfonamides is 1. The number of likely N-dealkylation sites (N-methyl/N-ethyl adjacent to an activating group) is 1. The van der Waals surface area contributed by atoms with Gasteiger partial charge in [0.05, 0.1) is 17.4 Å². The maximum atomic E-state index is 14.7. The van der Waals surface area contributed by atoms with Crippen molar-refractivity contribution in [2.75, 3.05) is 46.3 Å². The topological polar surface area (TPSA) is 117 Å². The highest BCUT2D eigenvalue weighted by Gasteiger charge is 2.30. The summed E-state index contributed by atoms with van der Waals surface area (Å²) in [6.07, 6.45) is 4.82. The summed E-state index contributed by atoms with van der Waals surface area (Å²) in [4.78, 5) is 29.6. The summed E-state index contributed by atoms with van der Waals surface area (Å²) in [5, 5.41) is 10.6. The molecule has 0 aromatic heterocycles. The summed E-state index contributed by atoms with van der Waals surface area (Å²) < 4.78 is 54.1. The summed E-state index contributed by atoms with van der Waals surface area (Å²) in [6.45, 7) is 9.05. The first-order valence-electron chi connectivity index (χ1n) is 15.5. The van der Waals surface area contributed by atoms with Gasteiger partial charge in [-0.05, 0) is 81.0 Å². The second kappa shape index (κ2) is 15.0. The lowest BCUT2D eigenvalue weighted by Gasteiger charge is -2.33. The van der Waals surface area contributed by atoms with Crippen LogP contribution in [-0.2, 0) is 24.3 Å². The van der Waals surface area contributed by atoms with Gasteiger partial charge in [0.25, 0.3) is 0 Å². The zero-order valence-corrected chi connectivity index (χ0v) is 27.0. The van der Waals surface area contributed by atoms with Crippen LogP contribution in [0.1, 0.15) is 58.4 Å². The van der Waals surface area contributed by atoms with Gasteiger partial charge in [-0.1, -0.05) is 26.0 Å². The number of esters is 1. The first kappa shape index (κ1) is 34.1. The van der Waals surface area contributed by atoms with Gasteiger partial charge in [0.1, 0.15) is 18.0 Å². The van der Waals surface area contributed by atoms with Crippen LogP contribution in [0.25, 0.3) is 6.08 Å². The lowest BCUT2D eigenvalue weighted by molar-refractivity contribution is -0.151. The standard InChI is InChI=1S/C32H46FN3O7S/c1-22-7-9-27(37)21-30(38)43-31(23(2)8-10-29(22)42-32(39)35-15-13-34(4)14-16-35)24(3)17-25-18-26(33)20-28(19-25)44(40,41)36-11-5-6-12-36/h8,10,17-20,22-23,27,29,31,37H,5-7,9,11-16,21H2,1-4H3/b10-8+,24-17+/t22-,23-,27+,29?,31-/m0/s1. The summed E-state index contributed by atoms with van der Waals surface area (Å²) in [6, 6.07) is 3.69. The molecule has 1 unspecified atom stereocenters. The molecule has 1 aromatic carbocycles. The minimum Gasteiger partial charge on any atom is -0.457 e. The molecule has 0 saturated carbocycles. The average Bonchev–Trinajstić information content (AvgIpc) is 3.52. The molecular weight excluding hydrogens is 589 g/mol. The third kappa shape index (κ3) is 8.89. The average molecular weight is 636 g/mol. The van der Waals surface area contributed by atoms with E-state index >= 15 is 0 Å². The summed E-state index contributed by atoms with van der Waals surface area (Å²) in [5.74, 6) is -1.75. The van der Waals surface area contributed by atoms with E-state index in [-0.39, 0.29) is 29.2 Å². The number of aliphatic hydroxyl groups excluding tert-OH is 1. The first-order chi connectivity index (χ1) is 20.8. The van der Waals surface area contributed by atoms with E-state index in [1.54, 1.807) is 17.9 Å². The Kier molecular flexibility index (Phi) is 11.6. The SMILES string of the molecule is C/C(=C\c1cc(F)cc(S(=O)(=O)N2CCCC2)c1)[C@H]1OC(=O)C[C@H](O)CC[C@H](C)C(OC(=O)N2CCN(C)CC2)/C=C/[C@@H]1C. The van der Waals surface area contributed by atoms with Gasteiger partial charge in [0.2, 0.25) is 10.0 Å². The molecule has 3 aliphatic heterocycles. The molecule has 0 bridgehead atoms.